The van der Waals surface area contributed by atoms with Crippen molar-refractivity contribution in [2.45, 2.75) is 31.8 Å². The molecule has 5 rings (SSSR count). The van der Waals surface area contributed by atoms with E-state index in [1.807, 2.05) is 0 Å². The van der Waals surface area contributed by atoms with E-state index in [9.17, 15) is 24.1 Å². The molecule has 1 aromatic heterocycles. The van der Waals surface area contributed by atoms with Gasteiger partial charge in [0.15, 0.2) is 11.5 Å². The number of nitro benzene ring substituents is 1. The van der Waals surface area contributed by atoms with Gasteiger partial charge in [0.25, 0.3) is 0 Å². The van der Waals surface area contributed by atoms with Crippen LogP contribution in [0.15, 0.2) is 84.3 Å². The van der Waals surface area contributed by atoms with Crippen molar-refractivity contribution in [2.24, 2.45) is 5.92 Å². The number of hydrogen-bond donors (Lipinski definition) is 2. The minimum Gasteiger partial charge on any atom is -0.496 e. The maximum absolute atomic E-state index is 13.9. The van der Waals surface area contributed by atoms with E-state index in [1.54, 1.807) is 42.6 Å². The smallest absolute Gasteiger partial charge is 0.311 e. The van der Waals surface area contributed by atoms with Crippen LogP contribution in [-0.4, -0.2) is 28.7 Å². The first kappa shape index (κ1) is 27.5. The zero-order chi connectivity index (χ0) is 29.1. The Kier molecular flexibility index (Phi) is 7.77. The number of methoxy groups -OCH3 is 1. The summed E-state index contributed by atoms with van der Waals surface area (Å²) in [5, 5.41) is 17.5. The highest BCUT2D eigenvalue weighted by Crippen LogP contribution is 2.45. The molecule has 1 aliphatic carbocycles. The van der Waals surface area contributed by atoms with E-state index in [1.165, 1.54) is 7.11 Å². The van der Waals surface area contributed by atoms with Crippen LogP contribution in [0.2, 0.25) is 0 Å². The minimum absolute atomic E-state index is 0.0594. The van der Waals surface area contributed by atoms with Crippen LogP contribution in [0.25, 0.3) is 0 Å². The molecule has 10 nitrogen and oxygen atoms in total. The monoisotopic (exact) mass is 558 g/mol. The number of carbonyl (C=O) groups excluding carboxylic acids is 2. The summed E-state index contributed by atoms with van der Waals surface area (Å²) in [5.74, 6) is -2.13. The maximum Gasteiger partial charge on any atom is 0.311 e. The molecule has 2 atom stereocenters. The number of benzene rings is 2. The van der Waals surface area contributed by atoms with Crippen LogP contribution in [0.4, 0.5) is 15.9 Å². The zero-order valence-corrected chi connectivity index (χ0v) is 22.2. The molecule has 0 saturated carbocycles. The van der Waals surface area contributed by atoms with Crippen molar-refractivity contribution in [1.29, 1.82) is 0 Å². The predicted molar refractivity (Wildman–Crippen MR) is 148 cm³/mol. The Balaban J connectivity index is 1.55. The van der Waals surface area contributed by atoms with E-state index >= 15 is 0 Å². The number of pyridine rings is 1. The number of halogens is 1. The number of nitro groups is 1. The van der Waals surface area contributed by atoms with Crippen molar-refractivity contribution < 1.29 is 28.4 Å². The van der Waals surface area contributed by atoms with Crippen LogP contribution in [0, 0.1) is 21.8 Å². The molecule has 3 aromatic rings. The molecule has 1 amide bonds. The number of allylic oxidation sites excluding steroid dienone is 2. The number of aromatic nitrogens is 1. The molecule has 41 heavy (non-hydrogen) atoms. The summed E-state index contributed by atoms with van der Waals surface area (Å²) in [6.07, 6.45) is 3.24. The molecule has 2 heterocycles. The van der Waals surface area contributed by atoms with Crippen LogP contribution in [0.1, 0.15) is 36.3 Å². The van der Waals surface area contributed by atoms with E-state index < -0.39 is 22.6 Å². The number of nitrogens with one attached hydrogen (secondary N) is 2. The number of nitrogens with zero attached hydrogens (tertiary/aromatic N) is 2. The van der Waals surface area contributed by atoms with E-state index in [0.717, 1.165) is 23.9 Å². The van der Waals surface area contributed by atoms with Gasteiger partial charge in [0.2, 0.25) is 5.91 Å². The first-order valence-electron chi connectivity index (χ1n) is 12.9. The number of rotatable bonds is 8. The highest BCUT2D eigenvalue weighted by molar-refractivity contribution is 6.02. The highest BCUT2D eigenvalue weighted by Gasteiger charge is 2.43. The summed E-state index contributed by atoms with van der Waals surface area (Å²) in [6.45, 7) is 3.93. The third-order valence-corrected chi connectivity index (χ3v) is 7.15. The largest absolute Gasteiger partial charge is 0.496 e. The van der Waals surface area contributed by atoms with E-state index in [-0.39, 0.29) is 29.7 Å². The molecule has 2 N–H and O–H groups in total. The Morgan fingerprint density at radius 1 is 1.20 bits per heavy atom. The molecule has 210 valence electrons. The summed E-state index contributed by atoms with van der Waals surface area (Å²) in [7, 11) is 1.46. The Hall–Kier alpha value is -5.06. The van der Waals surface area contributed by atoms with Crippen molar-refractivity contribution in [1.82, 2.24) is 10.3 Å². The standard InChI is InChI=1S/C30H27FN4O6/c1-17-27(30(37)34-26-8-3-4-13-32-26)28(29-21(33-17)6-5-7-23(29)36)18-9-12-24(40-2)19(14-18)16-41-25-15-20(31)10-11-22(25)35(38)39/h3-4,8-15,27-28,33H,1,5-7,16H2,2H3,(H,32,34,37). The third-order valence-electron chi connectivity index (χ3n) is 7.15. The number of hydrogen-bond acceptors (Lipinski definition) is 8. The SMILES string of the molecule is C=C1NC2=C(C(=O)CCC2)C(c2ccc(OC)c(COc3cc(F)ccc3[N+](=O)[O-])c2)C1C(=O)Nc1ccccn1. The average Bonchev–Trinajstić information content (AvgIpc) is 2.95. The van der Waals surface area contributed by atoms with Crippen LogP contribution in [-0.2, 0) is 16.2 Å². The van der Waals surface area contributed by atoms with Gasteiger partial charge in [0, 0.05) is 53.2 Å². The molecule has 2 aliphatic rings. The lowest BCUT2D eigenvalue weighted by Crippen LogP contribution is -2.42. The fraction of sp³-hybridized carbons (Fsp3) is 0.233. The number of amides is 1. The van der Waals surface area contributed by atoms with E-state index in [2.05, 4.69) is 22.2 Å². The molecule has 11 heteroatoms. The summed E-state index contributed by atoms with van der Waals surface area (Å²) >= 11 is 0. The van der Waals surface area contributed by atoms with Crippen molar-refractivity contribution in [2.75, 3.05) is 12.4 Å². The molecule has 0 radical (unpaired) electrons. The Morgan fingerprint density at radius 3 is 2.76 bits per heavy atom. The van der Waals surface area contributed by atoms with Crippen molar-refractivity contribution in [3.8, 4) is 11.5 Å². The second-order valence-electron chi connectivity index (χ2n) is 9.71. The summed E-state index contributed by atoms with van der Waals surface area (Å²) in [4.78, 5) is 41.9. The molecule has 1 aliphatic heterocycles. The second kappa shape index (κ2) is 11.6. The van der Waals surface area contributed by atoms with Gasteiger partial charge >= 0.3 is 5.69 Å². The van der Waals surface area contributed by atoms with Gasteiger partial charge in [-0.05, 0) is 48.7 Å². The van der Waals surface area contributed by atoms with Crippen LogP contribution in [0.3, 0.4) is 0 Å². The zero-order valence-electron chi connectivity index (χ0n) is 22.2. The lowest BCUT2D eigenvalue weighted by Gasteiger charge is -2.38. The van der Waals surface area contributed by atoms with Crippen molar-refractivity contribution in [3.63, 3.8) is 0 Å². The molecule has 0 fully saturated rings. The highest BCUT2D eigenvalue weighted by atomic mass is 19.1. The van der Waals surface area contributed by atoms with Gasteiger partial charge in [-0.25, -0.2) is 9.37 Å². The van der Waals surface area contributed by atoms with Gasteiger partial charge in [0.05, 0.1) is 18.0 Å². The van der Waals surface area contributed by atoms with Crippen molar-refractivity contribution >= 4 is 23.2 Å². The molecular weight excluding hydrogens is 531 g/mol. The molecule has 0 saturated heterocycles. The normalized spacial score (nSPS) is 18.3. The Labute approximate surface area is 235 Å². The van der Waals surface area contributed by atoms with Gasteiger partial charge in [-0.3, -0.25) is 19.7 Å². The van der Waals surface area contributed by atoms with E-state index in [0.29, 0.717) is 53.2 Å². The predicted octanol–water partition coefficient (Wildman–Crippen LogP) is 5.18. The average molecular weight is 559 g/mol. The van der Waals surface area contributed by atoms with Crippen LogP contribution < -0.4 is 20.1 Å². The van der Waals surface area contributed by atoms with Gasteiger partial charge in [-0.1, -0.05) is 18.7 Å². The Bertz CT molecular complexity index is 1570. The molecule has 2 unspecified atom stereocenters. The fourth-order valence-electron chi connectivity index (χ4n) is 5.32. The summed E-state index contributed by atoms with van der Waals surface area (Å²) in [5.41, 5.74) is 2.43. The van der Waals surface area contributed by atoms with Gasteiger partial charge in [0.1, 0.15) is 24.0 Å². The van der Waals surface area contributed by atoms with Crippen molar-refractivity contribution in [3.05, 3.63) is 111 Å². The second-order valence-corrected chi connectivity index (χ2v) is 9.71. The lowest BCUT2D eigenvalue weighted by molar-refractivity contribution is -0.386. The number of carbonyl (C=O) groups is 2. The van der Waals surface area contributed by atoms with Gasteiger partial charge < -0.3 is 20.1 Å². The third kappa shape index (κ3) is 5.65. The lowest BCUT2D eigenvalue weighted by atomic mass is 9.71. The first-order valence-corrected chi connectivity index (χ1v) is 12.9. The molecule has 0 bridgehead atoms. The molecule has 2 aromatic carbocycles. The topological polar surface area (TPSA) is 133 Å². The number of ketones is 1. The van der Waals surface area contributed by atoms with Gasteiger partial charge in [-0.15, -0.1) is 0 Å². The minimum atomic E-state index is -0.857. The summed E-state index contributed by atoms with van der Waals surface area (Å²) < 4.78 is 25.1. The molecular formula is C30H27FN4O6. The Morgan fingerprint density at radius 2 is 2.02 bits per heavy atom. The number of ether oxygens (including phenoxy) is 2. The number of Topliss-reactive ketones (excluding diaryl/α,β-unsaturated/α-hetero) is 1. The van der Waals surface area contributed by atoms with Gasteiger partial charge in [-0.2, -0.15) is 0 Å². The maximum atomic E-state index is 13.9. The molecule has 0 spiro atoms. The fourth-order valence-corrected chi connectivity index (χ4v) is 5.32. The van der Waals surface area contributed by atoms with Crippen LogP contribution >= 0.6 is 0 Å². The first-order chi connectivity index (χ1) is 19.8. The summed E-state index contributed by atoms with van der Waals surface area (Å²) in [6, 6.07) is 13.3. The quantitative estimate of drug-likeness (QED) is 0.286. The number of anilines is 1. The van der Waals surface area contributed by atoms with E-state index in [4.69, 9.17) is 9.47 Å². The van der Waals surface area contributed by atoms with Crippen LogP contribution in [0.5, 0.6) is 11.5 Å².